The van der Waals surface area contributed by atoms with E-state index in [0.29, 0.717) is 29.0 Å². The molecule has 0 saturated heterocycles. The lowest BCUT2D eigenvalue weighted by Gasteiger charge is -2.06. The minimum atomic E-state index is -3.36. The molecule has 1 heterocycles. The summed E-state index contributed by atoms with van der Waals surface area (Å²) in [5.74, 6) is -2.71. The quantitative estimate of drug-likeness (QED) is 0.393. The highest BCUT2D eigenvalue weighted by atomic mass is 32.2. The highest BCUT2D eigenvalue weighted by Crippen LogP contribution is 2.26. The molecule has 0 unspecified atom stereocenters. The van der Waals surface area contributed by atoms with Gasteiger partial charge in [-0.15, -0.1) is 11.3 Å². The Kier molecular flexibility index (Phi) is 7.71. The Morgan fingerprint density at radius 1 is 1.09 bits per heavy atom. The van der Waals surface area contributed by atoms with E-state index in [1.54, 1.807) is 29.6 Å². The Hall–Kier alpha value is -3.38. The summed E-state index contributed by atoms with van der Waals surface area (Å²) >= 11 is 1.23. The third-order valence-corrected chi connectivity index (χ3v) is 5.64. The fraction of sp³-hybridized carbons (Fsp3) is 0.190. The van der Waals surface area contributed by atoms with Gasteiger partial charge in [0, 0.05) is 35.7 Å². The van der Waals surface area contributed by atoms with Crippen LogP contribution in [0.25, 0.3) is 11.3 Å². The van der Waals surface area contributed by atoms with Crippen molar-refractivity contribution in [2.75, 3.05) is 22.8 Å². The van der Waals surface area contributed by atoms with Crippen molar-refractivity contribution in [3.63, 3.8) is 0 Å². The highest BCUT2D eigenvalue weighted by Gasteiger charge is 2.13. The molecule has 0 fully saturated rings. The average Bonchev–Trinajstić information content (AvgIpc) is 3.19. The van der Waals surface area contributed by atoms with E-state index in [4.69, 9.17) is 0 Å². The van der Waals surface area contributed by atoms with Crippen LogP contribution in [0, 0.1) is 11.6 Å². The fourth-order valence-corrected chi connectivity index (χ4v) is 4.09. The molecule has 3 rings (SSSR count). The van der Waals surface area contributed by atoms with E-state index in [9.17, 15) is 26.8 Å². The average molecular weight is 495 g/mol. The van der Waals surface area contributed by atoms with Gasteiger partial charge in [-0.3, -0.25) is 14.3 Å². The Bertz CT molecular complexity index is 1260. The highest BCUT2D eigenvalue weighted by molar-refractivity contribution is 7.92. The first-order valence-corrected chi connectivity index (χ1v) is 12.4. The lowest BCUT2D eigenvalue weighted by Crippen LogP contribution is -2.26. The first-order chi connectivity index (χ1) is 15.6. The number of hydrogen-bond donors (Lipinski definition) is 3. The van der Waals surface area contributed by atoms with Crippen molar-refractivity contribution in [2.24, 2.45) is 0 Å². The summed E-state index contributed by atoms with van der Waals surface area (Å²) in [6.07, 6.45) is 1.48. The molecule has 12 heteroatoms. The van der Waals surface area contributed by atoms with Gasteiger partial charge in [0.2, 0.25) is 15.9 Å². The number of sulfonamides is 1. The van der Waals surface area contributed by atoms with Gasteiger partial charge in [0.05, 0.1) is 17.5 Å². The van der Waals surface area contributed by atoms with Crippen LogP contribution in [0.15, 0.2) is 47.8 Å². The first kappa shape index (κ1) is 24.3. The summed E-state index contributed by atoms with van der Waals surface area (Å²) in [6, 6.07) is 9.32. The molecule has 0 atom stereocenters. The minimum absolute atomic E-state index is 0.104. The molecular weight excluding hydrogens is 474 g/mol. The molecule has 3 N–H and O–H groups in total. The van der Waals surface area contributed by atoms with Gasteiger partial charge in [-0.2, -0.15) is 0 Å². The van der Waals surface area contributed by atoms with Crippen molar-refractivity contribution < 1.29 is 26.8 Å². The van der Waals surface area contributed by atoms with Crippen LogP contribution >= 0.6 is 11.3 Å². The van der Waals surface area contributed by atoms with Crippen LogP contribution in [0.5, 0.6) is 0 Å². The van der Waals surface area contributed by atoms with E-state index >= 15 is 0 Å². The van der Waals surface area contributed by atoms with E-state index in [1.807, 2.05) is 0 Å². The Morgan fingerprint density at radius 2 is 1.82 bits per heavy atom. The van der Waals surface area contributed by atoms with Crippen LogP contribution < -0.4 is 15.4 Å². The third kappa shape index (κ3) is 7.32. The van der Waals surface area contributed by atoms with Crippen molar-refractivity contribution >= 4 is 44.0 Å². The van der Waals surface area contributed by atoms with Crippen molar-refractivity contribution in [3.05, 3.63) is 65.0 Å². The summed E-state index contributed by atoms with van der Waals surface area (Å²) < 4.78 is 51.4. The zero-order valence-corrected chi connectivity index (χ0v) is 19.0. The molecule has 174 valence electrons. The second kappa shape index (κ2) is 10.5. The molecular formula is C21H20F2N4O4S2. The third-order valence-electron chi connectivity index (χ3n) is 4.28. The summed E-state index contributed by atoms with van der Waals surface area (Å²) in [6.45, 7) is 0.139. The number of nitrogens with zero attached hydrogens (tertiary/aromatic N) is 1. The summed E-state index contributed by atoms with van der Waals surface area (Å²) in [5, 5.41) is 7.31. The lowest BCUT2D eigenvalue weighted by molar-refractivity contribution is -0.116. The minimum Gasteiger partial charge on any atom is -0.352 e. The molecule has 33 heavy (non-hydrogen) atoms. The van der Waals surface area contributed by atoms with E-state index in [0.717, 1.165) is 24.0 Å². The molecule has 0 radical (unpaired) electrons. The predicted molar refractivity (Wildman–Crippen MR) is 123 cm³/mol. The van der Waals surface area contributed by atoms with Gasteiger partial charge in [0.1, 0.15) is 11.6 Å². The summed E-state index contributed by atoms with van der Waals surface area (Å²) in [7, 11) is -3.36. The van der Waals surface area contributed by atoms with E-state index in [2.05, 4.69) is 20.3 Å². The monoisotopic (exact) mass is 494 g/mol. The molecule has 0 saturated carbocycles. The number of carbonyl (C=O) groups is 2. The molecule has 8 nitrogen and oxygen atoms in total. The van der Waals surface area contributed by atoms with Gasteiger partial charge < -0.3 is 10.6 Å². The first-order valence-electron chi connectivity index (χ1n) is 9.67. The largest absolute Gasteiger partial charge is 0.352 e. The van der Waals surface area contributed by atoms with Crippen molar-refractivity contribution in [1.29, 1.82) is 0 Å². The number of anilines is 2. The smallest absolute Gasteiger partial charge is 0.254 e. The number of amides is 2. The number of rotatable bonds is 9. The predicted octanol–water partition coefficient (Wildman–Crippen LogP) is 3.61. The van der Waals surface area contributed by atoms with Crippen molar-refractivity contribution in [3.8, 4) is 11.3 Å². The Morgan fingerprint density at radius 3 is 2.48 bits per heavy atom. The summed E-state index contributed by atoms with van der Waals surface area (Å²) in [4.78, 5) is 28.4. The number of carbonyl (C=O) groups excluding carboxylic acids is 2. The number of nitrogens with one attached hydrogen (secondary N) is 3. The van der Waals surface area contributed by atoms with Crippen molar-refractivity contribution in [1.82, 2.24) is 10.3 Å². The zero-order valence-electron chi connectivity index (χ0n) is 17.4. The van der Waals surface area contributed by atoms with E-state index < -0.39 is 27.6 Å². The SMILES string of the molecule is CS(=O)(=O)Nc1ccc(-c2csc(NC(=O)CCCNC(=O)c3ccc(F)cc3F)n2)cc1. The van der Waals surface area contributed by atoms with Crippen LogP contribution in [0.4, 0.5) is 19.6 Å². The lowest BCUT2D eigenvalue weighted by atomic mass is 10.1. The Labute approximate surface area is 193 Å². The van der Waals surface area contributed by atoms with Crippen LogP contribution in [-0.2, 0) is 14.8 Å². The molecule has 0 aliphatic heterocycles. The Balaban J connectivity index is 1.45. The number of benzene rings is 2. The zero-order chi connectivity index (χ0) is 24.0. The van der Waals surface area contributed by atoms with Gasteiger partial charge in [0.25, 0.3) is 5.91 Å². The number of halogens is 2. The normalized spacial score (nSPS) is 11.1. The van der Waals surface area contributed by atoms with E-state index in [1.165, 1.54) is 11.3 Å². The van der Waals surface area contributed by atoms with Gasteiger partial charge in [-0.1, -0.05) is 12.1 Å². The second-order valence-electron chi connectivity index (χ2n) is 7.02. The molecule has 0 spiro atoms. The number of hydrogen-bond acceptors (Lipinski definition) is 6. The van der Waals surface area contributed by atoms with Crippen LogP contribution in [0.1, 0.15) is 23.2 Å². The number of aromatic nitrogens is 1. The van der Waals surface area contributed by atoms with Gasteiger partial charge >= 0.3 is 0 Å². The summed E-state index contributed by atoms with van der Waals surface area (Å²) in [5.41, 5.74) is 1.53. The molecule has 2 aromatic carbocycles. The molecule has 2 amide bonds. The van der Waals surface area contributed by atoms with Gasteiger partial charge in [0.15, 0.2) is 5.13 Å². The van der Waals surface area contributed by atoms with Gasteiger partial charge in [-0.25, -0.2) is 22.2 Å². The maximum Gasteiger partial charge on any atom is 0.254 e. The molecule has 3 aromatic rings. The molecule has 0 aliphatic rings. The maximum absolute atomic E-state index is 13.6. The standard InChI is InChI=1S/C21H20F2N4O4S2/c1-33(30,31)27-15-7-4-13(5-8-15)18-12-32-21(25-18)26-19(28)3-2-10-24-20(29)16-9-6-14(22)11-17(16)23/h4-9,11-12,27H,2-3,10H2,1H3,(H,24,29)(H,25,26,28). The molecule has 0 bridgehead atoms. The topological polar surface area (TPSA) is 117 Å². The molecule has 0 aliphatic carbocycles. The number of thiazole rings is 1. The van der Waals surface area contributed by atoms with E-state index in [-0.39, 0.29) is 24.4 Å². The fourth-order valence-electron chi connectivity index (χ4n) is 2.79. The van der Waals surface area contributed by atoms with Crippen molar-refractivity contribution in [2.45, 2.75) is 12.8 Å². The van der Waals surface area contributed by atoms with Crippen LogP contribution in [0.3, 0.4) is 0 Å². The van der Waals surface area contributed by atoms with Gasteiger partial charge in [-0.05, 0) is 30.7 Å². The maximum atomic E-state index is 13.6. The second-order valence-corrected chi connectivity index (χ2v) is 9.63. The van der Waals surface area contributed by atoms with Crippen LogP contribution in [-0.4, -0.2) is 38.0 Å². The molecule has 1 aromatic heterocycles. The van der Waals surface area contributed by atoms with Crippen LogP contribution in [0.2, 0.25) is 0 Å².